The first-order chi connectivity index (χ1) is 9.51. The summed E-state index contributed by atoms with van der Waals surface area (Å²) in [5.41, 5.74) is 0. The smallest absolute Gasteiger partial charge is 0.244 e. The van der Waals surface area contributed by atoms with Crippen LogP contribution in [0.3, 0.4) is 0 Å². The highest BCUT2D eigenvalue weighted by Gasteiger charge is 2.53. The number of hydrogen-bond acceptors (Lipinski definition) is 4. The summed E-state index contributed by atoms with van der Waals surface area (Å²) < 4.78 is 0. The van der Waals surface area contributed by atoms with Gasteiger partial charge in [0.2, 0.25) is 11.8 Å². The Morgan fingerprint density at radius 3 is 2.95 bits per heavy atom. The van der Waals surface area contributed by atoms with E-state index >= 15 is 0 Å². The molecule has 112 valence electrons. The molecule has 2 aliphatic heterocycles. The Morgan fingerprint density at radius 2 is 2.20 bits per heavy atom. The Kier molecular flexibility index (Phi) is 3.71. The summed E-state index contributed by atoms with van der Waals surface area (Å²) in [6.45, 7) is 2.05. The minimum atomic E-state index is -0.442. The standard InChI is InChI=1S/C14H22N2O3S/c1-14-7-6-12(18)16(14)10(8-20-14)13(19)15-9-4-2-3-5-11(9)17/h9-11,17H,2-8H2,1H3,(H,15,19)/t9-,10?,11-,14?/m0/s1. The molecule has 3 aliphatic rings. The maximum atomic E-state index is 12.5. The van der Waals surface area contributed by atoms with Crippen molar-refractivity contribution in [3.63, 3.8) is 0 Å². The van der Waals surface area contributed by atoms with Crippen LogP contribution in [0.15, 0.2) is 0 Å². The zero-order chi connectivity index (χ0) is 14.3. The minimum absolute atomic E-state index is 0.0850. The predicted octanol–water partition coefficient (Wildman–Crippen LogP) is 0.860. The van der Waals surface area contributed by atoms with Crippen LogP contribution in [0.2, 0.25) is 0 Å². The first kappa shape index (κ1) is 14.2. The number of carbonyl (C=O) groups excluding carboxylic acids is 2. The molecule has 2 unspecified atom stereocenters. The molecule has 2 amide bonds. The lowest BCUT2D eigenvalue weighted by atomic mass is 9.92. The molecular formula is C14H22N2O3S. The molecule has 0 aromatic rings. The lowest BCUT2D eigenvalue weighted by Crippen LogP contribution is -2.54. The third kappa shape index (κ3) is 2.33. The number of thioether (sulfide) groups is 1. The molecule has 20 heavy (non-hydrogen) atoms. The van der Waals surface area contributed by atoms with Crippen molar-refractivity contribution >= 4 is 23.6 Å². The van der Waals surface area contributed by atoms with E-state index in [0.29, 0.717) is 12.2 Å². The van der Waals surface area contributed by atoms with E-state index in [2.05, 4.69) is 5.32 Å². The number of rotatable bonds is 2. The molecule has 6 heteroatoms. The second kappa shape index (κ2) is 5.22. The Bertz CT molecular complexity index is 431. The topological polar surface area (TPSA) is 69.6 Å². The van der Waals surface area contributed by atoms with Crippen LogP contribution >= 0.6 is 11.8 Å². The van der Waals surface area contributed by atoms with Gasteiger partial charge in [0.15, 0.2) is 0 Å². The molecule has 3 rings (SSSR count). The van der Waals surface area contributed by atoms with Crippen LogP contribution < -0.4 is 5.32 Å². The molecule has 0 aromatic carbocycles. The molecule has 0 radical (unpaired) electrons. The zero-order valence-corrected chi connectivity index (χ0v) is 12.6. The van der Waals surface area contributed by atoms with Crippen molar-refractivity contribution in [3.05, 3.63) is 0 Å². The van der Waals surface area contributed by atoms with Crippen molar-refractivity contribution < 1.29 is 14.7 Å². The van der Waals surface area contributed by atoms with Crippen molar-refractivity contribution in [1.29, 1.82) is 0 Å². The van der Waals surface area contributed by atoms with E-state index in [-0.39, 0.29) is 28.8 Å². The fraction of sp³-hybridized carbons (Fsp3) is 0.857. The van der Waals surface area contributed by atoms with Gasteiger partial charge in [0, 0.05) is 12.2 Å². The van der Waals surface area contributed by atoms with Gasteiger partial charge in [0.25, 0.3) is 0 Å². The number of fused-ring (bicyclic) bond motifs is 1. The molecule has 1 saturated carbocycles. The Labute approximate surface area is 123 Å². The molecular weight excluding hydrogens is 276 g/mol. The Hall–Kier alpha value is -0.750. The highest BCUT2D eigenvalue weighted by Crippen LogP contribution is 2.47. The summed E-state index contributed by atoms with van der Waals surface area (Å²) in [6, 6.07) is -0.514. The summed E-state index contributed by atoms with van der Waals surface area (Å²) in [7, 11) is 0. The fourth-order valence-corrected chi connectivity index (χ4v) is 5.01. The van der Waals surface area contributed by atoms with E-state index < -0.39 is 6.10 Å². The number of hydrogen-bond donors (Lipinski definition) is 2. The number of aliphatic hydroxyl groups is 1. The summed E-state index contributed by atoms with van der Waals surface area (Å²) in [6.07, 6.45) is 4.58. The van der Waals surface area contributed by atoms with Crippen LogP contribution in [0.5, 0.6) is 0 Å². The lowest BCUT2D eigenvalue weighted by molar-refractivity contribution is -0.138. The van der Waals surface area contributed by atoms with Crippen LogP contribution in [0.1, 0.15) is 45.4 Å². The van der Waals surface area contributed by atoms with Crippen LogP contribution in [0.25, 0.3) is 0 Å². The van der Waals surface area contributed by atoms with E-state index in [0.717, 1.165) is 32.1 Å². The SMILES string of the molecule is CC12CCC(=O)N1C(C(=O)N[C@H]1CCCC[C@@H]1O)CS2. The van der Waals surface area contributed by atoms with Gasteiger partial charge in [-0.1, -0.05) is 12.8 Å². The second-order valence-corrected chi connectivity index (χ2v) is 7.73. The lowest BCUT2D eigenvalue weighted by Gasteiger charge is -2.33. The maximum Gasteiger partial charge on any atom is 0.244 e. The van der Waals surface area contributed by atoms with E-state index in [4.69, 9.17) is 0 Å². The van der Waals surface area contributed by atoms with Crippen molar-refractivity contribution in [2.75, 3.05) is 5.75 Å². The molecule has 4 atom stereocenters. The van der Waals surface area contributed by atoms with Crippen LogP contribution in [-0.2, 0) is 9.59 Å². The van der Waals surface area contributed by atoms with Crippen LogP contribution in [-0.4, -0.2) is 50.6 Å². The van der Waals surface area contributed by atoms with E-state index in [9.17, 15) is 14.7 Å². The molecule has 3 fully saturated rings. The quantitative estimate of drug-likeness (QED) is 0.793. The molecule has 0 spiro atoms. The summed E-state index contributed by atoms with van der Waals surface area (Å²) in [5.74, 6) is 0.654. The summed E-state index contributed by atoms with van der Waals surface area (Å²) in [5, 5.41) is 12.9. The fourth-order valence-electron chi connectivity index (χ4n) is 3.57. The van der Waals surface area contributed by atoms with E-state index in [1.807, 2.05) is 6.92 Å². The Morgan fingerprint density at radius 1 is 1.45 bits per heavy atom. The number of aliphatic hydroxyl groups excluding tert-OH is 1. The van der Waals surface area contributed by atoms with Crippen molar-refractivity contribution in [2.45, 2.75) is 68.5 Å². The van der Waals surface area contributed by atoms with E-state index in [1.54, 1.807) is 16.7 Å². The minimum Gasteiger partial charge on any atom is -0.391 e. The normalized spacial score (nSPS) is 40.8. The monoisotopic (exact) mass is 298 g/mol. The van der Waals surface area contributed by atoms with Gasteiger partial charge in [-0.15, -0.1) is 11.8 Å². The first-order valence-corrected chi connectivity index (χ1v) is 8.44. The summed E-state index contributed by atoms with van der Waals surface area (Å²) >= 11 is 1.70. The molecule has 2 heterocycles. The Balaban J connectivity index is 1.67. The van der Waals surface area contributed by atoms with Gasteiger partial charge in [0.05, 0.1) is 17.0 Å². The highest BCUT2D eigenvalue weighted by molar-refractivity contribution is 8.01. The van der Waals surface area contributed by atoms with Crippen molar-refractivity contribution in [2.24, 2.45) is 0 Å². The number of carbonyl (C=O) groups is 2. The van der Waals surface area contributed by atoms with Crippen molar-refractivity contribution in [3.8, 4) is 0 Å². The average Bonchev–Trinajstić information content (AvgIpc) is 2.90. The largest absolute Gasteiger partial charge is 0.391 e. The molecule has 2 saturated heterocycles. The number of nitrogens with zero attached hydrogens (tertiary/aromatic N) is 1. The maximum absolute atomic E-state index is 12.5. The van der Waals surface area contributed by atoms with Crippen LogP contribution in [0.4, 0.5) is 0 Å². The summed E-state index contributed by atoms with van der Waals surface area (Å²) in [4.78, 5) is 26.0. The third-order valence-corrected chi connectivity index (χ3v) is 6.31. The van der Waals surface area contributed by atoms with Gasteiger partial charge < -0.3 is 15.3 Å². The molecule has 0 aromatic heterocycles. The van der Waals surface area contributed by atoms with E-state index in [1.165, 1.54) is 0 Å². The molecule has 5 nitrogen and oxygen atoms in total. The van der Waals surface area contributed by atoms with Gasteiger partial charge in [-0.05, 0) is 26.2 Å². The van der Waals surface area contributed by atoms with Gasteiger partial charge in [-0.3, -0.25) is 9.59 Å². The number of nitrogens with one attached hydrogen (secondary N) is 1. The number of amides is 2. The third-order valence-electron chi connectivity index (χ3n) is 4.80. The predicted molar refractivity (Wildman–Crippen MR) is 77.1 cm³/mol. The first-order valence-electron chi connectivity index (χ1n) is 7.46. The van der Waals surface area contributed by atoms with Crippen molar-refractivity contribution in [1.82, 2.24) is 10.2 Å². The van der Waals surface area contributed by atoms with Gasteiger partial charge in [-0.25, -0.2) is 0 Å². The molecule has 0 bridgehead atoms. The van der Waals surface area contributed by atoms with Gasteiger partial charge in [-0.2, -0.15) is 0 Å². The van der Waals surface area contributed by atoms with Gasteiger partial charge >= 0.3 is 0 Å². The second-order valence-electron chi connectivity index (χ2n) is 6.23. The zero-order valence-electron chi connectivity index (χ0n) is 11.8. The molecule has 1 aliphatic carbocycles. The highest BCUT2D eigenvalue weighted by atomic mass is 32.2. The van der Waals surface area contributed by atoms with Crippen LogP contribution in [0, 0.1) is 0 Å². The molecule has 2 N–H and O–H groups in total. The average molecular weight is 298 g/mol. The van der Waals surface area contributed by atoms with Gasteiger partial charge in [0.1, 0.15) is 6.04 Å².